The number of non-ortho nitro benzene ring substituents is 1. The van der Waals surface area contributed by atoms with Gasteiger partial charge in [0, 0.05) is 37.1 Å². The second kappa shape index (κ2) is 11.9. The lowest BCUT2D eigenvalue weighted by Crippen LogP contribution is -2.29. The van der Waals surface area contributed by atoms with Crippen molar-refractivity contribution in [3.63, 3.8) is 0 Å². The summed E-state index contributed by atoms with van der Waals surface area (Å²) >= 11 is 0. The molecule has 0 amide bonds. The molecule has 0 bridgehead atoms. The predicted molar refractivity (Wildman–Crippen MR) is 123 cm³/mol. The van der Waals surface area contributed by atoms with Crippen LogP contribution in [0.4, 0.5) is 5.69 Å². The summed E-state index contributed by atoms with van der Waals surface area (Å²) in [5.41, 5.74) is 1.17. The van der Waals surface area contributed by atoms with Gasteiger partial charge in [-0.1, -0.05) is 18.6 Å². The van der Waals surface area contributed by atoms with E-state index in [4.69, 9.17) is 18.9 Å². The number of rotatable bonds is 12. The maximum Gasteiger partial charge on any atom is 0.359 e. The topological polar surface area (TPSA) is 154 Å². The van der Waals surface area contributed by atoms with Crippen molar-refractivity contribution in [2.45, 2.75) is 45.4 Å². The fraction of sp³-hybridized carbons (Fsp3) is 0.455. The summed E-state index contributed by atoms with van der Waals surface area (Å²) in [7, 11) is -1.55. The SMILES string of the molecule is COC(=O)C1=C(C)NC(C)=C(P(=O)(OC)OCCCCCC(=O)O)C1c1cccc([N+](=O)[O-])c1. The lowest BCUT2D eigenvalue weighted by atomic mass is 9.86. The molecule has 0 saturated heterocycles. The molecule has 11 nitrogen and oxygen atoms in total. The Bertz CT molecular complexity index is 1060. The number of hydrogen-bond donors (Lipinski definition) is 2. The number of nitro groups is 1. The lowest BCUT2D eigenvalue weighted by molar-refractivity contribution is -0.384. The summed E-state index contributed by atoms with van der Waals surface area (Å²) in [6, 6.07) is 5.70. The van der Waals surface area contributed by atoms with E-state index in [1.54, 1.807) is 19.9 Å². The van der Waals surface area contributed by atoms with Crippen LogP contribution in [0.15, 0.2) is 46.5 Å². The Labute approximate surface area is 197 Å². The number of ether oxygens (including phenoxy) is 1. The number of benzene rings is 1. The second-order valence-corrected chi connectivity index (χ2v) is 9.77. The number of allylic oxidation sites excluding steroid dienone is 3. The molecule has 2 atom stereocenters. The number of esters is 1. The smallest absolute Gasteiger partial charge is 0.359 e. The van der Waals surface area contributed by atoms with Gasteiger partial charge in [0.1, 0.15) is 0 Å². The number of carbonyl (C=O) groups excluding carboxylic acids is 1. The number of carboxylic acid groups (broad SMARTS) is 1. The maximum absolute atomic E-state index is 13.9. The zero-order valence-corrected chi connectivity index (χ0v) is 20.4. The van der Waals surface area contributed by atoms with E-state index in [1.807, 2.05) is 0 Å². The number of unbranched alkanes of at least 4 members (excludes halogenated alkanes) is 2. The highest BCUT2D eigenvalue weighted by Gasteiger charge is 2.44. The van der Waals surface area contributed by atoms with Gasteiger partial charge >= 0.3 is 19.5 Å². The number of carboxylic acids is 1. The van der Waals surface area contributed by atoms with Crippen LogP contribution in [0.1, 0.15) is 51.0 Å². The Hall–Kier alpha value is -3.01. The molecule has 0 fully saturated rings. The Morgan fingerprint density at radius 1 is 1.18 bits per heavy atom. The molecule has 34 heavy (non-hydrogen) atoms. The van der Waals surface area contributed by atoms with Crippen LogP contribution in [0, 0.1) is 10.1 Å². The van der Waals surface area contributed by atoms with Gasteiger partial charge in [0.15, 0.2) is 0 Å². The molecule has 0 spiro atoms. The molecule has 1 aromatic rings. The first-order valence-electron chi connectivity index (χ1n) is 10.6. The van der Waals surface area contributed by atoms with Gasteiger partial charge in [0.05, 0.1) is 35.4 Å². The normalized spacial score (nSPS) is 17.7. The minimum atomic E-state index is -3.98. The van der Waals surface area contributed by atoms with Gasteiger partial charge in [-0.3, -0.25) is 19.5 Å². The monoisotopic (exact) mass is 496 g/mol. The number of aliphatic carboxylic acids is 1. The molecule has 0 aliphatic carbocycles. The van der Waals surface area contributed by atoms with E-state index in [2.05, 4.69) is 5.32 Å². The highest BCUT2D eigenvalue weighted by atomic mass is 31.2. The van der Waals surface area contributed by atoms with Crippen molar-refractivity contribution in [2.24, 2.45) is 0 Å². The number of dihydropyridines is 1. The van der Waals surface area contributed by atoms with Crippen LogP contribution in [-0.4, -0.2) is 42.8 Å². The van der Waals surface area contributed by atoms with Crippen LogP contribution < -0.4 is 5.32 Å². The number of nitrogens with zero attached hydrogens (tertiary/aromatic N) is 1. The first kappa shape index (κ1) is 27.2. The number of nitro benzene ring substituents is 1. The van der Waals surface area contributed by atoms with Crippen LogP contribution >= 0.6 is 7.60 Å². The summed E-state index contributed by atoms with van der Waals surface area (Å²) in [4.78, 5) is 34.2. The summed E-state index contributed by atoms with van der Waals surface area (Å²) in [6.07, 6.45) is 1.47. The minimum absolute atomic E-state index is 0.0253. The molecule has 1 aromatic carbocycles. The third-order valence-electron chi connectivity index (χ3n) is 5.38. The molecular weight excluding hydrogens is 467 g/mol. The van der Waals surface area contributed by atoms with Gasteiger partial charge in [-0.15, -0.1) is 0 Å². The molecule has 186 valence electrons. The highest BCUT2D eigenvalue weighted by molar-refractivity contribution is 7.58. The number of methoxy groups -OCH3 is 1. The van der Waals surface area contributed by atoms with Crippen molar-refractivity contribution in [1.29, 1.82) is 0 Å². The molecule has 2 rings (SSSR count). The summed E-state index contributed by atoms with van der Waals surface area (Å²) in [5, 5.41) is 23.3. The quantitative estimate of drug-likeness (QED) is 0.139. The summed E-state index contributed by atoms with van der Waals surface area (Å²) in [5.74, 6) is -2.57. The molecule has 1 aliphatic rings. The van der Waals surface area contributed by atoms with E-state index in [1.165, 1.54) is 32.4 Å². The van der Waals surface area contributed by atoms with E-state index in [-0.39, 0.29) is 29.6 Å². The molecule has 1 aliphatic heterocycles. The fourth-order valence-electron chi connectivity index (χ4n) is 3.83. The Kier molecular flexibility index (Phi) is 9.55. The average Bonchev–Trinajstić information content (AvgIpc) is 2.80. The van der Waals surface area contributed by atoms with Gasteiger partial charge in [0.25, 0.3) is 5.69 Å². The average molecular weight is 496 g/mol. The third-order valence-corrected chi connectivity index (χ3v) is 7.56. The lowest BCUT2D eigenvalue weighted by Gasteiger charge is -2.34. The van der Waals surface area contributed by atoms with E-state index in [9.17, 15) is 24.3 Å². The minimum Gasteiger partial charge on any atom is -0.481 e. The molecular formula is C22H29N2O9P. The van der Waals surface area contributed by atoms with E-state index >= 15 is 0 Å². The van der Waals surface area contributed by atoms with Crippen molar-refractivity contribution in [1.82, 2.24) is 5.32 Å². The number of hydrogen-bond acceptors (Lipinski definition) is 9. The number of nitrogens with one attached hydrogen (secondary N) is 1. The summed E-state index contributed by atoms with van der Waals surface area (Å²) < 4.78 is 29.9. The molecule has 2 N–H and O–H groups in total. The molecule has 1 heterocycles. The highest BCUT2D eigenvalue weighted by Crippen LogP contribution is 2.63. The molecule has 0 saturated carbocycles. The van der Waals surface area contributed by atoms with Gasteiger partial charge in [-0.2, -0.15) is 0 Å². The van der Waals surface area contributed by atoms with Gasteiger partial charge in [-0.25, -0.2) is 4.79 Å². The van der Waals surface area contributed by atoms with Crippen molar-refractivity contribution in [2.75, 3.05) is 20.8 Å². The second-order valence-electron chi connectivity index (χ2n) is 7.67. The van der Waals surface area contributed by atoms with E-state index < -0.39 is 30.4 Å². The Balaban J connectivity index is 2.49. The first-order valence-corrected chi connectivity index (χ1v) is 12.1. The van der Waals surface area contributed by atoms with Crippen molar-refractivity contribution in [3.05, 3.63) is 62.2 Å². The van der Waals surface area contributed by atoms with Crippen molar-refractivity contribution in [3.8, 4) is 0 Å². The third kappa shape index (κ3) is 6.31. The van der Waals surface area contributed by atoms with Gasteiger partial charge < -0.3 is 24.2 Å². The van der Waals surface area contributed by atoms with Crippen LogP contribution in [0.2, 0.25) is 0 Å². The number of carbonyl (C=O) groups is 2. The fourth-order valence-corrected chi connectivity index (χ4v) is 5.70. The molecule has 0 radical (unpaired) electrons. The van der Waals surface area contributed by atoms with Crippen LogP contribution in [0.5, 0.6) is 0 Å². The van der Waals surface area contributed by atoms with E-state index in [0.29, 0.717) is 36.2 Å². The molecule has 0 aromatic heterocycles. The van der Waals surface area contributed by atoms with E-state index in [0.717, 1.165) is 0 Å². The standard InChI is InChI=1S/C22H29N2O9P/c1-14-19(22(27)31-3)20(16-9-8-10-17(13-16)24(28)29)21(15(2)23-14)34(30,32-4)33-12-7-5-6-11-18(25)26/h8-10,13,20,23H,5-7,11-12H2,1-4H3,(H,25,26). The molecule has 2 unspecified atom stereocenters. The predicted octanol–water partition coefficient (Wildman–Crippen LogP) is 4.46. The largest absolute Gasteiger partial charge is 0.481 e. The maximum atomic E-state index is 13.9. The van der Waals surface area contributed by atoms with Crippen LogP contribution in [0.3, 0.4) is 0 Å². The van der Waals surface area contributed by atoms with Crippen molar-refractivity contribution < 1.29 is 38.0 Å². The first-order chi connectivity index (χ1) is 16.1. The summed E-state index contributed by atoms with van der Waals surface area (Å²) in [6.45, 7) is 3.33. The zero-order valence-electron chi connectivity index (χ0n) is 19.5. The van der Waals surface area contributed by atoms with Crippen LogP contribution in [0.25, 0.3) is 0 Å². The Morgan fingerprint density at radius 2 is 1.88 bits per heavy atom. The molecule has 12 heteroatoms. The van der Waals surface area contributed by atoms with Crippen LogP contribution in [-0.2, 0) is 27.9 Å². The van der Waals surface area contributed by atoms with Crippen molar-refractivity contribution >= 4 is 25.2 Å². The van der Waals surface area contributed by atoms with Gasteiger partial charge in [-0.05, 0) is 32.3 Å². The van der Waals surface area contributed by atoms with Gasteiger partial charge in [0.2, 0.25) is 0 Å². The zero-order chi connectivity index (χ0) is 25.5. The Morgan fingerprint density at radius 3 is 2.47 bits per heavy atom.